The molecule has 0 bridgehead atoms. The van der Waals surface area contributed by atoms with E-state index in [0.29, 0.717) is 24.6 Å². The third-order valence-electron chi connectivity index (χ3n) is 2.63. The molecule has 1 aromatic rings. The van der Waals surface area contributed by atoms with Crippen LogP contribution >= 0.6 is 0 Å². The van der Waals surface area contributed by atoms with Gasteiger partial charge in [0, 0.05) is 0 Å². The fourth-order valence-corrected chi connectivity index (χ4v) is 1.80. The van der Waals surface area contributed by atoms with Crippen molar-refractivity contribution in [3.8, 4) is 5.75 Å². The zero-order valence-electron chi connectivity index (χ0n) is 10.0. The zero-order valence-corrected chi connectivity index (χ0v) is 10.0. The summed E-state index contributed by atoms with van der Waals surface area (Å²) in [6, 6.07) is 3.48. The fraction of sp³-hybridized carbons (Fsp3) is 0.385. The van der Waals surface area contributed by atoms with Crippen LogP contribution in [0.1, 0.15) is 11.1 Å². The molecule has 0 aliphatic carbocycles. The molecule has 1 atom stereocenters. The van der Waals surface area contributed by atoms with Crippen LogP contribution in [0.4, 0.5) is 4.39 Å². The molecule has 1 unspecified atom stereocenters. The largest absolute Gasteiger partial charge is 0.487 e. The minimum absolute atomic E-state index is 0.109. The highest BCUT2D eigenvalue weighted by Crippen LogP contribution is 2.23. The monoisotopic (exact) mass is 237 g/mol. The van der Waals surface area contributed by atoms with Gasteiger partial charge in [-0.25, -0.2) is 4.39 Å². The molecule has 0 aromatic heterocycles. The van der Waals surface area contributed by atoms with Crippen molar-refractivity contribution in [3.63, 3.8) is 0 Å². The van der Waals surface area contributed by atoms with Gasteiger partial charge in [-0.05, 0) is 37.6 Å². The molecule has 1 N–H and O–H groups in total. The molecule has 3 nitrogen and oxygen atoms in total. The number of ether oxygens (including phenoxy) is 2. The molecule has 0 radical (unpaired) electrons. The van der Waals surface area contributed by atoms with Gasteiger partial charge in [-0.1, -0.05) is 6.07 Å². The summed E-state index contributed by atoms with van der Waals surface area (Å²) in [5, 5.41) is 2.95. The molecule has 92 valence electrons. The van der Waals surface area contributed by atoms with Crippen molar-refractivity contribution in [1.29, 1.82) is 0 Å². The highest BCUT2D eigenvalue weighted by Gasteiger charge is 2.19. The number of aryl methyl sites for hydroxylation is 2. The summed E-state index contributed by atoms with van der Waals surface area (Å²) in [6.45, 7) is 8.24. The van der Waals surface area contributed by atoms with E-state index >= 15 is 0 Å². The lowest BCUT2D eigenvalue weighted by molar-refractivity contribution is 0.108. The molecular weight excluding hydrogens is 221 g/mol. The van der Waals surface area contributed by atoms with E-state index in [1.54, 1.807) is 19.1 Å². The summed E-state index contributed by atoms with van der Waals surface area (Å²) in [4.78, 5) is 0. The maximum atomic E-state index is 13.7. The summed E-state index contributed by atoms with van der Waals surface area (Å²) in [7, 11) is 0. The molecular formula is C13H16FNO2. The summed E-state index contributed by atoms with van der Waals surface area (Å²) < 4.78 is 24.5. The minimum atomic E-state index is -0.305. The van der Waals surface area contributed by atoms with E-state index in [-0.39, 0.29) is 17.7 Å². The van der Waals surface area contributed by atoms with Gasteiger partial charge >= 0.3 is 0 Å². The fourth-order valence-electron chi connectivity index (χ4n) is 1.80. The van der Waals surface area contributed by atoms with Gasteiger partial charge in [0.15, 0.2) is 23.6 Å². The van der Waals surface area contributed by atoms with Gasteiger partial charge in [0.1, 0.15) is 6.61 Å². The van der Waals surface area contributed by atoms with Gasteiger partial charge in [-0.2, -0.15) is 0 Å². The van der Waals surface area contributed by atoms with Crippen molar-refractivity contribution in [1.82, 2.24) is 5.32 Å². The molecule has 0 amide bonds. The highest BCUT2D eigenvalue weighted by molar-refractivity contribution is 5.35. The second-order valence-corrected chi connectivity index (χ2v) is 4.25. The number of nitrogens with one attached hydrogen (secondary N) is 1. The Morgan fingerprint density at radius 1 is 1.53 bits per heavy atom. The quantitative estimate of drug-likeness (QED) is 0.874. The number of rotatable bonds is 3. The van der Waals surface area contributed by atoms with E-state index in [0.717, 1.165) is 5.56 Å². The Hall–Kier alpha value is -1.71. The van der Waals surface area contributed by atoms with Crippen molar-refractivity contribution in [2.24, 2.45) is 0 Å². The first-order chi connectivity index (χ1) is 8.06. The van der Waals surface area contributed by atoms with Crippen LogP contribution in [0.3, 0.4) is 0 Å². The number of hydrogen-bond acceptors (Lipinski definition) is 3. The van der Waals surface area contributed by atoms with Gasteiger partial charge in [-0.15, -0.1) is 0 Å². The summed E-state index contributed by atoms with van der Waals surface area (Å²) in [6.07, 6.45) is -0.109. The lowest BCUT2D eigenvalue weighted by Crippen LogP contribution is -2.22. The van der Waals surface area contributed by atoms with Crippen molar-refractivity contribution in [3.05, 3.63) is 41.5 Å². The van der Waals surface area contributed by atoms with Gasteiger partial charge in [-0.3, -0.25) is 0 Å². The summed E-state index contributed by atoms with van der Waals surface area (Å²) in [5.74, 6) is 0.517. The predicted octanol–water partition coefficient (Wildman–Crippen LogP) is 2.28. The molecule has 2 rings (SSSR count). The molecule has 17 heavy (non-hydrogen) atoms. The number of halogens is 1. The third-order valence-corrected chi connectivity index (χ3v) is 2.63. The molecule has 0 saturated carbocycles. The number of benzene rings is 1. The first-order valence-corrected chi connectivity index (χ1v) is 5.55. The molecule has 0 spiro atoms. The number of hydrogen-bond donors (Lipinski definition) is 1. The van der Waals surface area contributed by atoms with Crippen molar-refractivity contribution in [2.75, 3.05) is 13.2 Å². The van der Waals surface area contributed by atoms with Crippen molar-refractivity contribution < 1.29 is 13.9 Å². The lowest BCUT2D eigenvalue weighted by Gasteiger charge is -2.13. The Kier molecular flexibility index (Phi) is 3.22. The maximum absolute atomic E-state index is 13.7. The first-order valence-electron chi connectivity index (χ1n) is 5.55. The van der Waals surface area contributed by atoms with E-state index < -0.39 is 0 Å². The summed E-state index contributed by atoms with van der Waals surface area (Å²) >= 11 is 0. The standard InChI is InChI=1S/C13H16FNO2/c1-8-4-9(2)13(14)12(5-8)16-7-11-6-15-10(3)17-11/h4-5,11,15H,3,6-7H2,1-2H3. The van der Waals surface area contributed by atoms with Crippen molar-refractivity contribution in [2.45, 2.75) is 20.0 Å². The van der Waals surface area contributed by atoms with E-state index in [9.17, 15) is 4.39 Å². The van der Waals surface area contributed by atoms with Crippen LogP contribution in [-0.2, 0) is 4.74 Å². The predicted molar refractivity (Wildman–Crippen MR) is 63.4 cm³/mol. The average molecular weight is 237 g/mol. The Balaban J connectivity index is 2.01. The van der Waals surface area contributed by atoms with E-state index in [1.165, 1.54) is 0 Å². The minimum Gasteiger partial charge on any atom is -0.487 e. The zero-order chi connectivity index (χ0) is 12.4. The van der Waals surface area contributed by atoms with Crippen LogP contribution in [0, 0.1) is 19.7 Å². The van der Waals surface area contributed by atoms with Gasteiger partial charge in [0.2, 0.25) is 0 Å². The van der Waals surface area contributed by atoms with E-state index in [2.05, 4.69) is 11.9 Å². The second-order valence-electron chi connectivity index (χ2n) is 4.25. The molecule has 1 heterocycles. The summed E-state index contributed by atoms with van der Waals surface area (Å²) in [5.41, 5.74) is 1.57. The lowest BCUT2D eigenvalue weighted by atomic mass is 10.1. The third kappa shape index (κ3) is 2.70. The molecule has 1 aliphatic rings. The normalized spacial score (nSPS) is 18.8. The Morgan fingerprint density at radius 3 is 2.94 bits per heavy atom. The SMILES string of the molecule is C=C1NCC(COc2cc(C)cc(C)c2F)O1. The van der Waals surface area contributed by atoms with Crippen molar-refractivity contribution >= 4 is 0 Å². The average Bonchev–Trinajstić information content (AvgIpc) is 2.67. The Bertz CT molecular complexity index is 445. The Labute approximate surface area is 100 Å². The molecule has 1 aliphatic heterocycles. The smallest absolute Gasteiger partial charge is 0.179 e. The van der Waals surface area contributed by atoms with Gasteiger partial charge in [0.05, 0.1) is 6.54 Å². The van der Waals surface area contributed by atoms with Gasteiger partial charge < -0.3 is 14.8 Å². The first kappa shape index (κ1) is 11.8. The maximum Gasteiger partial charge on any atom is 0.179 e. The van der Waals surface area contributed by atoms with Crippen LogP contribution in [0.2, 0.25) is 0 Å². The van der Waals surface area contributed by atoms with Crippen LogP contribution in [0.25, 0.3) is 0 Å². The van der Waals surface area contributed by atoms with Crippen LogP contribution in [-0.4, -0.2) is 19.3 Å². The second kappa shape index (κ2) is 4.65. The Morgan fingerprint density at radius 2 is 2.29 bits per heavy atom. The van der Waals surface area contributed by atoms with Crippen LogP contribution in [0.15, 0.2) is 24.6 Å². The van der Waals surface area contributed by atoms with E-state index in [1.807, 2.05) is 6.92 Å². The van der Waals surface area contributed by atoms with Crippen LogP contribution in [0.5, 0.6) is 5.75 Å². The van der Waals surface area contributed by atoms with Crippen LogP contribution < -0.4 is 10.1 Å². The topological polar surface area (TPSA) is 30.5 Å². The highest BCUT2D eigenvalue weighted by atomic mass is 19.1. The van der Waals surface area contributed by atoms with Gasteiger partial charge in [0.25, 0.3) is 0 Å². The van der Waals surface area contributed by atoms with E-state index in [4.69, 9.17) is 9.47 Å². The molecule has 1 saturated heterocycles. The molecule has 1 fully saturated rings. The molecule has 4 heteroatoms. The molecule has 1 aromatic carbocycles.